The monoisotopic (exact) mass is 952 g/mol. The molecule has 11 aromatic rings. The van der Waals surface area contributed by atoms with Crippen molar-refractivity contribution >= 4 is 55.7 Å². The average Bonchev–Trinajstić information content (AvgIpc) is 3.82. The fraction of sp³-hybridized carbons (Fsp3) is 0.139. The Balaban J connectivity index is 0.984. The molecule has 0 aliphatic heterocycles. The van der Waals surface area contributed by atoms with E-state index in [2.05, 4.69) is 282 Å². The fourth-order valence-electron chi connectivity index (χ4n) is 12.9. The van der Waals surface area contributed by atoms with E-state index in [4.69, 9.17) is 0 Å². The molecule has 2 aliphatic rings. The lowest BCUT2D eigenvalue weighted by molar-refractivity contribution is 0.659. The number of aryl methyl sites for hydroxylation is 2. The highest BCUT2D eigenvalue weighted by Crippen LogP contribution is 2.59. The number of benzene rings is 11. The van der Waals surface area contributed by atoms with Gasteiger partial charge in [0.15, 0.2) is 0 Å². The van der Waals surface area contributed by atoms with Crippen molar-refractivity contribution < 1.29 is 0 Å². The number of para-hydroxylation sites is 4. The first-order chi connectivity index (χ1) is 36.2. The van der Waals surface area contributed by atoms with Gasteiger partial charge in [0.2, 0.25) is 0 Å². The zero-order chi connectivity index (χ0) is 50.3. The lowest BCUT2D eigenvalue weighted by atomic mass is 9.78. The highest BCUT2D eigenvalue weighted by atomic mass is 15.2. The summed E-state index contributed by atoms with van der Waals surface area (Å²) >= 11 is 0. The first-order valence-electron chi connectivity index (χ1n) is 26.6. The Bertz CT molecular complexity index is 3920. The minimum atomic E-state index is -0.289. The van der Waals surface area contributed by atoms with Crippen LogP contribution >= 0.6 is 0 Å². The van der Waals surface area contributed by atoms with Crippen LogP contribution in [0, 0.1) is 0 Å². The molecule has 0 aromatic heterocycles. The van der Waals surface area contributed by atoms with E-state index in [9.17, 15) is 0 Å². The Morgan fingerprint density at radius 2 is 0.662 bits per heavy atom. The fourth-order valence-corrected chi connectivity index (χ4v) is 12.9. The lowest BCUT2D eigenvalue weighted by Crippen LogP contribution is -2.18. The molecule has 0 saturated carbocycles. The molecule has 2 nitrogen and oxygen atoms in total. The quantitative estimate of drug-likeness (QED) is 0.135. The Kier molecular flexibility index (Phi) is 10.8. The first kappa shape index (κ1) is 45.4. The highest BCUT2D eigenvalue weighted by molar-refractivity contribution is 6.12. The predicted molar refractivity (Wildman–Crippen MR) is 316 cm³/mol. The van der Waals surface area contributed by atoms with E-state index in [0.29, 0.717) is 0 Å². The van der Waals surface area contributed by atoms with Crippen LogP contribution in [0.1, 0.15) is 74.9 Å². The van der Waals surface area contributed by atoms with Crippen molar-refractivity contribution in [3.05, 3.63) is 264 Å². The van der Waals surface area contributed by atoms with Crippen LogP contribution < -0.4 is 9.80 Å². The molecule has 0 radical (unpaired) electrons. The van der Waals surface area contributed by atoms with Crippen LogP contribution in [0.2, 0.25) is 0 Å². The zero-order valence-electron chi connectivity index (χ0n) is 43.2. The summed E-state index contributed by atoms with van der Waals surface area (Å²) in [6.07, 6.45) is 1.86. The molecule has 0 unspecified atom stereocenters. The van der Waals surface area contributed by atoms with Gasteiger partial charge >= 0.3 is 0 Å². The Hall–Kier alpha value is -8.46. The summed E-state index contributed by atoms with van der Waals surface area (Å²) in [7, 11) is 0. The van der Waals surface area contributed by atoms with Crippen molar-refractivity contribution in [1.82, 2.24) is 0 Å². The maximum absolute atomic E-state index is 2.60. The SMILES string of the molecule is CCc1cc2c(cc1-c1cc3c(cc1CC)-c1c(cc(N(c4ccccc4)c4ccccc4-c4ccccc4)c4ccccc14)C3(C)C)C(C)(C)c1cc(N(c3ccccc3)c3ccccc3)c3ccccc3c1-2. The van der Waals surface area contributed by atoms with Gasteiger partial charge in [-0.2, -0.15) is 0 Å². The van der Waals surface area contributed by atoms with Gasteiger partial charge in [0.25, 0.3) is 0 Å². The van der Waals surface area contributed by atoms with Crippen LogP contribution in [0.4, 0.5) is 34.1 Å². The van der Waals surface area contributed by atoms with Gasteiger partial charge in [0.1, 0.15) is 0 Å². The number of nitrogens with zero attached hydrogens (tertiary/aromatic N) is 2. The summed E-state index contributed by atoms with van der Waals surface area (Å²) in [4.78, 5) is 4.94. The molecule has 0 atom stereocenters. The van der Waals surface area contributed by atoms with Crippen molar-refractivity contribution in [1.29, 1.82) is 0 Å². The molecule has 11 aromatic carbocycles. The van der Waals surface area contributed by atoms with Gasteiger partial charge in [-0.1, -0.05) is 205 Å². The molecule has 0 spiro atoms. The van der Waals surface area contributed by atoms with Crippen LogP contribution in [0.5, 0.6) is 0 Å². The van der Waals surface area contributed by atoms with Crippen LogP contribution in [0.15, 0.2) is 231 Å². The maximum atomic E-state index is 2.60. The number of hydrogen-bond donors (Lipinski definition) is 0. The molecule has 0 saturated heterocycles. The summed E-state index contributed by atoms with van der Waals surface area (Å²) < 4.78 is 0. The van der Waals surface area contributed by atoms with E-state index in [1.165, 1.54) is 111 Å². The van der Waals surface area contributed by atoms with Crippen LogP contribution in [-0.2, 0) is 23.7 Å². The largest absolute Gasteiger partial charge is 0.310 e. The summed E-state index contributed by atoms with van der Waals surface area (Å²) in [5.74, 6) is 0. The van der Waals surface area contributed by atoms with Gasteiger partial charge in [-0.15, -0.1) is 0 Å². The van der Waals surface area contributed by atoms with Crippen molar-refractivity contribution in [3.8, 4) is 44.5 Å². The summed E-state index contributed by atoms with van der Waals surface area (Å²) in [5, 5.41) is 5.08. The minimum absolute atomic E-state index is 0.263. The summed E-state index contributed by atoms with van der Waals surface area (Å²) in [6.45, 7) is 14.5. The third kappa shape index (κ3) is 6.99. The number of rotatable bonds is 10. The lowest BCUT2D eigenvalue weighted by Gasteiger charge is -2.31. The van der Waals surface area contributed by atoms with Gasteiger partial charge in [-0.3, -0.25) is 0 Å². The van der Waals surface area contributed by atoms with Crippen LogP contribution in [0.25, 0.3) is 66.1 Å². The van der Waals surface area contributed by atoms with E-state index >= 15 is 0 Å². The average molecular weight is 953 g/mol. The molecule has 0 N–H and O–H groups in total. The van der Waals surface area contributed by atoms with Crippen LogP contribution in [-0.4, -0.2) is 0 Å². The van der Waals surface area contributed by atoms with Gasteiger partial charge in [0, 0.05) is 44.2 Å². The third-order valence-electron chi connectivity index (χ3n) is 16.6. The molecule has 0 heterocycles. The summed E-state index contributed by atoms with van der Waals surface area (Å²) in [5.41, 5.74) is 25.3. The predicted octanol–water partition coefficient (Wildman–Crippen LogP) is 20.0. The topological polar surface area (TPSA) is 6.48 Å². The standard InChI is InChI=1S/C72H60N2/c1-7-47-41-60-62(71(3,4)64-45-67(54-36-21-23-38-56(54)69(60)64)73(50-29-15-10-16-30-50)51-31-17-11-18-32-51)43-58(47)59-44-63-61(42-48(59)8-2)70-57-39-24-22-37-55(57)68(46-65(70)72(63,5)6)74(52-33-19-12-20-34-52)66-40-26-25-35-53(66)49-27-13-9-14-28-49/h9-46H,7-8H2,1-6H3. The zero-order valence-corrected chi connectivity index (χ0v) is 43.2. The van der Waals surface area contributed by atoms with E-state index in [1.54, 1.807) is 0 Å². The number of anilines is 6. The Morgan fingerprint density at radius 1 is 0.297 bits per heavy atom. The third-order valence-corrected chi connectivity index (χ3v) is 16.6. The molecular weight excluding hydrogens is 893 g/mol. The molecule has 13 rings (SSSR count). The molecule has 0 fully saturated rings. The van der Waals surface area contributed by atoms with Gasteiger partial charge in [-0.05, 0) is 163 Å². The number of hydrogen-bond acceptors (Lipinski definition) is 2. The molecule has 358 valence electrons. The first-order valence-corrected chi connectivity index (χ1v) is 26.6. The Labute approximate surface area is 436 Å². The Morgan fingerprint density at radius 3 is 1.11 bits per heavy atom. The second kappa shape index (κ2) is 17.6. The van der Waals surface area contributed by atoms with E-state index in [-0.39, 0.29) is 10.8 Å². The smallest absolute Gasteiger partial charge is 0.0543 e. The molecular formula is C72H60N2. The van der Waals surface area contributed by atoms with E-state index < -0.39 is 0 Å². The van der Waals surface area contributed by atoms with E-state index in [0.717, 1.165) is 35.6 Å². The van der Waals surface area contributed by atoms with Crippen molar-refractivity contribution in [2.24, 2.45) is 0 Å². The van der Waals surface area contributed by atoms with Gasteiger partial charge in [0.05, 0.1) is 17.1 Å². The van der Waals surface area contributed by atoms with Crippen molar-refractivity contribution in [2.45, 2.75) is 65.2 Å². The molecule has 74 heavy (non-hydrogen) atoms. The van der Waals surface area contributed by atoms with E-state index in [1.807, 2.05) is 0 Å². The number of fused-ring (bicyclic) bond motifs is 10. The molecule has 0 bridgehead atoms. The van der Waals surface area contributed by atoms with Crippen molar-refractivity contribution in [2.75, 3.05) is 9.80 Å². The van der Waals surface area contributed by atoms with Crippen LogP contribution in [0.3, 0.4) is 0 Å². The molecule has 2 aliphatic carbocycles. The highest BCUT2D eigenvalue weighted by Gasteiger charge is 2.41. The second-order valence-electron chi connectivity index (χ2n) is 21.4. The van der Waals surface area contributed by atoms with Gasteiger partial charge in [-0.25, -0.2) is 0 Å². The summed E-state index contributed by atoms with van der Waals surface area (Å²) in [6, 6.07) is 85.9. The molecule has 2 heteroatoms. The maximum Gasteiger partial charge on any atom is 0.0543 e. The van der Waals surface area contributed by atoms with Gasteiger partial charge < -0.3 is 9.80 Å². The second-order valence-corrected chi connectivity index (χ2v) is 21.4. The van der Waals surface area contributed by atoms with Crippen molar-refractivity contribution in [3.63, 3.8) is 0 Å². The minimum Gasteiger partial charge on any atom is -0.310 e. The normalized spacial score (nSPS) is 13.6. The molecule has 0 amide bonds.